The van der Waals surface area contributed by atoms with E-state index in [1.165, 1.54) is 61.4 Å². The highest BCUT2D eigenvalue weighted by atomic mass is 15.2. The van der Waals surface area contributed by atoms with Crippen molar-refractivity contribution in [2.75, 3.05) is 4.90 Å². The maximum atomic E-state index is 5.25. The van der Waals surface area contributed by atoms with Crippen LogP contribution in [0.5, 0.6) is 0 Å². The van der Waals surface area contributed by atoms with Crippen LogP contribution in [0.3, 0.4) is 0 Å². The fourth-order valence-corrected chi connectivity index (χ4v) is 10.2. The van der Waals surface area contributed by atoms with Crippen LogP contribution in [0.4, 0.5) is 17.1 Å². The molecule has 0 amide bonds. The predicted octanol–water partition coefficient (Wildman–Crippen LogP) is 12.2. The average molecular weight is 766 g/mol. The van der Waals surface area contributed by atoms with Crippen LogP contribution in [0.1, 0.15) is 39.5 Å². The van der Waals surface area contributed by atoms with Crippen molar-refractivity contribution in [2.45, 2.75) is 11.6 Å². The van der Waals surface area contributed by atoms with Crippen molar-refractivity contribution in [2.24, 2.45) is 4.99 Å². The molecule has 0 aromatic heterocycles. The van der Waals surface area contributed by atoms with E-state index in [4.69, 9.17) is 4.99 Å². The minimum atomic E-state index is -0.496. The number of anilines is 3. The average Bonchev–Trinajstić information content (AvgIpc) is 3.62. The zero-order valence-corrected chi connectivity index (χ0v) is 32.8. The second kappa shape index (κ2) is 13.7. The molecular weight excluding hydrogens is 727 g/mol. The SMILES string of the molecule is c1ccc(C2=c3ccccc3=NC(c3ccccc3-c3ccc(-c4ccc5c(c4)C4(c6ccccc6-5)c5ccccc5N(c5ccccc5)c5ccccc54)cc3)N2)cc1. The van der Waals surface area contributed by atoms with E-state index in [1.807, 2.05) is 0 Å². The Morgan fingerprint density at radius 3 is 1.70 bits per heavy atom. The highest BCUT2D eigenvalue weighted by Gasteiger charge is 2.51. The molecule has 60 heavy (non-hydrogen) atoms. The molecule has 9 aromatic rings. The molecule has 282 valence electrons. The number of nitrogens with one attached hydrogen (secondary N) is 1. The summed E-state index contributed by atoms with van der Waals surface area (Å²) >= 11 is 0. The van der Waals surface area contributed by atoms with Crippen LogP contribution in [0.15, 0.2) is 229 Å². The number of benzene rings is 9. The van der Waals surface area contributed by atoms with Gasteiger partial charge in [-0.15, -0.1) is 0 Å². The monoisotopic (exact) mass is 765 g/mol. The summed E-state index contributed by atoms with van der Waals surface area (Å²) in [5.41, 5.74) is 19.0. The number of para-hydroxylation sites is 4. The lowest BCUT2D eigenvalue weighted by Crippen LogP contribution is -2.39. The fraction of sp³-hybridized carbons (Fsp3) is 0.0351. The minimum absolute atomic E-state index is 0.237. The molecule has 1 spiro atoms. The molecule has 9 aromatic carbocycles. The molecule has 12 rings (SSSR count). The van der Waals surface area contributed by atoms with Gasteiger partial charge in [-0.2, -0.15) is 0 Å². The van der Waals surface area contributed by atoms with Crippen LogP contribution in [-0.4, -0.2) is 0 Å². The Kier molecular flexibility index (Phi) is 7.82. The van der Waals surface area contributed by atoms with Crippen LogP contribution in [-0.2, 0) is 5.41 Å². The molecule has 0 radical (unpaired) electrons. The molecular formula is C57H39N3. The van der Waals surface area contributed by atoms with E-state index in [0.29, 0.717) is 0 Å². The number of hydrogen-bond acceptors (Lipinski definition) is 3. The van der Waals surface area contributed by atoms with Crippen molar-refractivity contribution in [3.63, 3.8) is 0 Å². The van der Waals surface area contributed by atoms with E-state index in [1.54, 1.807) is 0 Å². The first-order valence-electron chi connectivity index (χ1n) is 20.7. The highest BCUT2D eigenvalue weighted by Crippen LogP contribution is 2.63. The number of rotatable bonds is 5. The topological polar surface area (TPSA) is 27.6 Å². The van der Waals surface area contributed by atoms with Crippen molar-refractivity contribution in [3.8, 4) is 33.4 Å². The molecule has 3 aliphatic rings. The van der Waals surface area contributed by atoms with E-state index in [0.717, 1.165) is 38.7 Å². The zero-order valence-electron chi connectivity index (χ0n) is 32.8. The second-order valence-electron chi connectivity index (χ2n) is 15.9. The molecule has 2 aliphatic heterocycles. The first-order chi connectivity index (χ1) is 29.8. The van der Waals surface area contributed by atoms with E-state index in [2.05, 4.69) is 235 Å². The van der Waals surface area contributed by atoms with Gasteiger partial charge in [0.1, 0.15) is 6.17 Å². The third-order valence-corrected chi connectivity index (χ3v) is 12.7. The summed E-state index contributed by atoms with van der Waals surface area (Å²) in [5, 5.41) is 5.94. The maximum Gasteiger partial charge on any atom is 0.146 e. The molecule has 3 heteroatoms. The summed E-state index contributed by atoms with van der Waals surface area (Å²) in [6.07, 6.45) is -0.237. The van der Waals surface area contributed by atoms with Gasteiger partial charge in [0, 0.05) is 16.5 Å². The Morgan fingerprint density at radius 2 is 0.950 bits per heavy atom. The molecule has 0 saturated carbocycles. The van der Waals surface area contributed by atoms with Gasteiger partial charge in [-0.1, -0.05) is 188 Å². The Bertz CT molecular complexity index is 3190. The molecule has 1 unspecified atom stereocenters. The number of fused-ring (bicyclic) bond motifs is 10. The lowest BCUT2D eigenvalue weighted by Gasteiger charge is -2.45. The standard InChI is InChI=1S/C57H39N3/c1-3-17-40(18-4-1)55-47-24-10-14-28-52(47)58-56(59-55)46-23-8-7-21-43(46)39-33-31-38(32-34-39)41-35-36-45-44-22-9-11-25-48(44)57(51(45)37-41)49-26-12-15-29-53(49)60(42-19-5-2-6-20-42)54-30-16-13-27-50(54)57/h1-37,56,59H. The summed E-state index contributed by atoms with van der Waals surface area (Å²) in [6.45, 7) is 0. The van der Waals surface area contributed by atoms with Crippen molar-refractivity contribution in [1.82, 2.24) is 5.32 Å². The van der Waals surface area contributed by atoms with Gasteiger partial charge in [-0.3, -0.25) is 4.99 Å². The van der Waals surface area contributed by atoms with Crippen molar-refractivity contribution in [3.05, 3.63) is 268 Å². The maximum absolute atomic E-state index is 5.25. The smallest absolute Gasteiger partial charge is 0.146 e. The van der Waals surface area contributed by atoms with Crippen LogP contribution in [0.2, 0.25) is 0 Å². The van der Waals surface area contributed by atoms with Gasteiger partial charge in [-0.05, 0) is 97.6 Å². The molecule has 3 nitrogen and oxygen atoms in total. The van der Waals surface area contributed by atoms with Crippen molar-refractivity contribution < 1.29 is 0 Å². The Labute approximate surface area is 349 Å². The van der Waals surface area contributed by atoms with Crippen LogP contribution < -0.4 is 20.8 Å². The largest absolute Gasteiger partial charge is 0.359 e. The Morgan fingerprint density at radius 1 is 0.400 bits per heavy atom. The summed E-state index contributed by atoms with van der Waals surface area (Å²) in [5.74, 6) is 0. The Hall–Kier alpha value is -7.75. The molecule has 0 fully saturated rings. The summed E-state index contributed by atoms with van der Waals surface area (Å²) in [4.78, 5) is 7.69. The van der Waals surface area contributed by atoms with Crippen LogP contribution in [0.25, 0.3) is 39.1 Å². The summed E-state index contributed by atoms with van der Waals surface area (Å²) < 4.78 is 0. The lowest BCUT2D eigenvalue weighted by molar-refractivity contribution is 0.636. The van der Waals surface area contributed by atoms with Gasteiger partial charge in [0.2, 0.25) is 0 Å². The molecule has 1 N–H and O–H groups in total. The van der Waals surface area contributed by atoms with E-state index in [9.17, 15) is 0 Å². The predicted molar refractivity (Wildman–Crippen MR) is 245 cm³/mol. The van der Waals surface area contributed by atoms with E-state index < -0.39 is 5.41 Å². The lowest BCUT2D eigenvalue weighted by atomic mass is 9.64. The first-order valence-corrected chi connectivity index (χ1v) is 20.7. The molecule has 0 bridgehead atoms. The quantitative estimate of drug-likeness (QED) is 0.189. The van der Waals surface area contributed by atoms with Crippen molar-refractivity contribution in [1.29, 1.82) is 0 Å². The molecule has 1 atom stereocenters. The summed E-state index contributed by atoms with van der Waals surface area (Å²) in [7, 11) is 0. The highest BCUT2D eigenvalue weighted by molar-refractivity contribution is 5.96. The number of nitrogens with zero attached hydrogens (tertiary/aromatic N) is 2. The van der Waals surface area contributed by atoms with Gasteiger partial charge >= 0.3 is 0 Å². The first kappa shape index (κ1) is 34.3. The van der Waals surface area contributed by atoms with E-state index >= 15 is 0 Å². The van der Waals surface area contributed by atoms with Crippen molar-refractivity contribution >= 4 is 22.8 Å². The third-order valence-electron chi connectivity index (χ3n) is 12.7. The molecule has 1 aliphatic carbocycles. The van der Waals surface area contributed by atoms with Crippen LogP contribution in [0, 0.1) is 0 Å². The number of hydrogen-bond donors (Lipinski definition) is 1. The van der Waals surface area contributed by atoms with Gasteiger partial charge < -0.3 is 10.2 Å². The molecule has 0 saturated heterocycles. The van der Waals surface area contributed by atoms with Gasteiger partial charge in [0.15, 0.2) is 0 Å². The fourth-order valence-electron chi connectivity index (χ4n) is 10.2. The zero-order chi connectivity index (χ0) is 39.6. The Balaban J connectivity index is 0.970. The van der Waals surface area contributed by atoms with E-state index in [-0.39, 0.29) is 6.17 Å². The van der Waals surface area contributed by atoms with Gasteiger partial charge in [-0.25, -0.2) is 0 Å². The third kappa shape index (κ3) is 5.12. The van der Waals surface area contributed by atoms with Crippen LogP contribution >= 0.6 is 0 Å². The normalized spacial score (nSPS) is 15.2. The minimum Gasteiger partial charge on any atom is -0.359 e. The van der Waals surface area contributed by atoms with Gasteiger partial charge in [0.05, 0.1) is 27.8 Å². The molecule has 2 heterocycles. The van der Waals surface area contributed by atoms with Gasteiger partial charge in [0.25, 0.3) is 0 Å². The summed E-state index contributed by atoms with van der Waals surface area (Å²) in [6, 6.07) is 81.7. The second-order valence-corrected chi connectivity index (χ2v) is 15.9.